The van der Waals surface area contributed by atoms with Gasteiger partial charge in [0.05, 0.1) is 6.61 Å². The van der Waals surface area contributed by atoms with Crippen LogP contribution < -0.4 is 4.72 Å². The average molecular weight is 274 g/mol. The van der Waals surface area contributed by atoms with E-state index >= 15 is 0 Å². The third-order valence-corrected chi connectivity index (χ3v) is 4.38. The summed E-state index contributed by atoms with van der Waals surface area (Å²) in [4.78, 5) is 0. The highest BCUT2D eigenvalue weighted by molar-refractivity contribution is 9.10. The van der Waals surface area contributed by atoms with E-state index in [1.165, 1.54) is 0 Å². The van der Waals surface area contributed by atoms with Crippen molar-refractivity contribution in [1.29, 1.82) is 0 Å². The lowest BCUT2D eigenvalue weighted by molar-refractivity contribution is 0.157. The van der Waals surface area contributed by atoms with E-state index in [4.69, 9.17) is 4.74 Å². The van der Waals surface area contributed by atoms with E-state index in [0.29, 0.717) is 6.61 Å². The monoisotopic (exact) mass is 273 g/mol. The molecular weight excluding hydrogens is 258 g/mol. The van der Waals surface area contributed by atoms with Crippen LogP contribution in [0, 0.1) is 5.92 Å². The van der Waals surface area contributed by atoms with Gasteiger partial charge in [0.25, 0.3) is 0 Å². The van der Waals surface area contributed by atoms with E-state index in [1.807, 2.05) is 13.8 Å². The zero-order chi connectivity index (χ0) is 10.5. The second kappa shape index (κ2) is 5.95. The lowest BCUT2D eigenvalue weighted by Crippen LogP contribution is -2.41. The standard InChI is InChI=1S/C7H16BrNO3S/c1-6(2)7(4-12-3)9-13(10,11)5-8/h6-7,9H,4-5H2,1-3H3. The normalized spacial score (nSPS) is 14.8. The number of hydrogen-bond donors (Lipinski definition) is 1. The molecule has 0 saturated carbocycles. The molecule has 0 aromatic heterocycles. The number of rotatable bonds is 6. The lowest BCUT2D eigenvalue weighted by Gasteiger charge is -2.20. The smallest absolute Gasteiger partial charge is 0.221 e. The van der Waals surface area contributed by atoms with Crippen LogP contribution in [0.15, 0.2) is 0 Å². The van der Waals surface area contributed by atoms with Gasteiger partial charge in [-0.05, 0) is 5.92 Å². The van der Waals surface area contributed by atoms with Crippen molar-refractivity contribution in [1.82, 2.24) is 4.72 Å². The third-order valence-electron chi connectivity index (χ3n) is 1.63. The summed E-state index contributed by atoms with van der Waals surface area (Å²) in [5.74, 6) is 0.216. The van der Waals surface area contributed by atoms with Gasteiger partial charge in [0, 0.05) is 13.2 Å². The summed E-state index contributed by atoms with van der Waals surface area (Å²) in [6.45, 7) is 4.28. The Kier molecular flexibility index (Phi) is 6.11. The summed E-state index contributed by atoms with van der Waals surface area (Å²) in [6, 6.07) is -0.160. The van der Waals surface area contributed by atoms with Gasteiger partial charge < -0.3 is 4.74 Å². The first-order valence-corrected chi connectivity index (χ1v) is 6.75. The van der Waals surface area contributed by atoms with Crippen molar-refractivity contribution in [2.24, 2.45) is 5.92 Å². The Hall–Kier alpha value is 0.350. The molecule has 0 heterocycles. The quantitative estimate of drug-likeness (QED) is 0.733. The lowest BCUT2D eigenvalue weighted by atomic mass is 10.1. The molecule has 13 heavy (non-hydrogen) atoms. The van der Waals surface area contributed by atoms with Crippen molar-refractivity contribution < 1.29 is 13.2 Å². The van der Waals surface area contributed by atoms with Crippen LogP contribution in [-0.2, 0) is 14.8 Å². The fraction of sp³-hybridized carbons (Fsp3) is 1.00. The number of alkyl halides is 1. The fourth-order valence-electron chi connectivity index (χ4n) is 0.804. The molecule has 0 aliphatic heterocycles. The van der Waals surface area contributed by atoms with Crippen LogP contribution in [-0.4, -0.2) is 32.8 Å². The van der Waals surface area contributed by atoms with Crippen molar-refractivity contribution in [3.8, 4) is 0 Å². The van der Waals surface area contributed by atoms with E-state index in [-0.39, 0.29) is 16.6 Å². The van der Waals surface area contributed by atoms with Crippen LogP contribution in [0.3, 0.4) is 0 Å². The molecule has 0 aliphatic rings. The van der Waals surface area contributed by atoms with Crippen LogP contribution in [0.2, 0.25) is 0 Å². The van der Waals surface area contributed by atoms with E-state index in [0.717, 1.165) is 0 Å². The molecule has 0 saturated heterocycles. The number of halogens is 1. The summed E-state index contributed by atoms with van der Waals surface area (Å²) in [5.41, 5.74) is 0. The van der Waals surface area contributed by atoms with E-state index in [1.54, 1.807) is 7.11 Å². The van der Waals surface area contributed by atoms with Gasteiger partial charge in [0.2, 0.25) is 10.0 Å². The molecule has 1 unspecified atom stereocenters. The predicted molar refractivity (Wildman–Crippen MR) is 56.4 cm³/mol. The van der Waals surface area contributed by atoms with Crippen LogP contribution in [0.1, 0.15) is 13.8 Å². The number of sulfonamides is 1. The summed E-state index contributed by atoms with van der Waals surface area (Å²) >= 11 is 2.91. The summed E-state index contributed by atoms with van der Waals surface area (Å²) in [5, 5.41) is 0. The molecule has 80 valence electrons. The second-order valence-electron chi connectivity index (χ2n) is 3.15. The molecular formula is C7H16BrNO3S. The highest BCUT2D eigenvalue weighted by Gasteiger charge is 2.19. The number of methoxy groups -OCH3 is 1. The minimum Gasteiger partial charge on any atom is -0.383 e. The van der Waals surface area contributed by atoms with Crippen molar-refractivity contribution in [3.05, 3.63) is 0 Å². The van der Waals surface area contributed by atoms with E-state index in [9.17, 15) is 8.42 Å². The topological polar surface area (TPSA) is 55.4 Å². The van der Waals surface area contributed by atoms with Gasteiger partial charge in [0.1, 0.15) is 4.66 Å². The molecule has 0 spiro atoms. The van der Waals surface area contributed by atoms with Crippen molar-refractivity contribution in [2.45, 2.75) is 19.9 Å². The summed E-state index contributed by atoms with van der Waals surface area (Å²) in [6.07, 6.45) is 0. The molecule has 0 rings (SSSR count). The maximum absolute atomic E-state index is 11.2. The highest BCUT2D eigenvalue weighted by atomic mass is 79.9. The van der Waals surface area contributed by atoms with Gasteiger partial charge in [-0.1, -0.05) is 29.8 Å². The van der Waals surface area contributed by atoms with E-state index < -0.39 is 10.0 Å². The van der Waals surface area contributed by atoms with Gasteiger partial charge in [-0.3, -0.25) is 0 Å². The van der Waals surface area contributed by atoms with Crippen molar-refractivity contribution in [3.63, 3.8) is 0 Å². The first kappa shape index (κ1) is 13.4. The van der Waals surface area contributed by atoms with Gasteiger partial charge in [-0.2, -0.15) is 0 Å². The molecule has 4 nitrogen and oxygen atoms in total. The largest absolute Gasteiger partial charge is 0.383 e. The molecule has 0 amide bonds. The summed E-state index contributed by atoms with van der Waals surface area (Å²) < 4.78 is 29.7. The van der Waals surface area contributed by atoms with Crippen LogP contribution in [0.5, 0.6) is 0 Å². The molecule has 6 heteroatoms. The molecule has 0 aliphatic carbocycles. The molecule has 1 atom stereocenters. The number of hydrogen-bond acceptors (Lipinski definition) is 3. The SMILES string of the molecule is COCC(NS(=O)(=O)CBr)C(C)C. The van der Waals surface area contributed by atoms with Crippen molar-refractivity contribution in [2.75, 3.05) is 18.4 Å². The maximum atomic E-state index is 11.2. The van der Waals surface area contributed by atoms with Gasteiger partial charge in [0.15, 0.2) is 0 Å². The highest BCUT2D eigenvalue weighted by Crippen LogP contribution is 2.04. The van der Waals surface area contributed by atoms with E-state index in [2.05, 4.69) is 20.7 Å². The Morgan fingerprint density at radius 2 is 2.00 bits per heavy atom. The molecule has 0 fully saturated rings. The van der Waals surface area contributed by atoms with Crippen LogP contribution in [0.4, 0.5) is 0 Å². The molecule has 1 N–H and O–H groups in total. The molecule has 0 aromatic carbocycles. The first-order chi connectivity index (χ1) is 5.93. The molecule has 0 aromatic rings. The maximum Gasteiger partial charge on any atom is 0.221 e. The fourth-order valence-corrected chi connectivity index (χ4v) is 2.07. The van der Waals surface area contributed by atoms with Gasteiger partial charge >= 0.3 is 0 Å². The Bertz CT molecular complexity index is 228. The van der Waals surface area contributed by atoms with Gasteiger partial charge in [-0.25, -0.2) is 13.1 Å². The van der Waals surface area contributed by atoms with Crippen LogP contribution in [0.25, 0.3) is 0 Å². The van der Waals surface area contributed by atoms with Crippen molar-refractivity contribution >= 4 is 26.0 Å². The zero-order valence-corrected chi connectivity index (χ0v) is 10.5. The van der Waals surface area contributed by atoms with Gasteiger partial charge in [-0.15, -0.1) is 0 Å². The zero-order valence-electron chi connectivity index (χ0n) is 8.08. The minimum absolute atomic E-state index is 0.0765. The van der Waals surface area contributed by atoms with Crippen LogP contribution >= 0.6 is 15.9 Å². The third kappa shape index (κ3) is 5.61. The number of nitrogens with one attached hydrogen (secondary N) is 1. The summed E-state index contributed by atoms with van der Waals surface area (Å²) in [7, 11) is -1.65. The Balaban J connectivity index is 4.26. The predicted octanol–water partition coefficient (Wildman–Crippen LogP) is 0.929. The first-order valence-electron chi connectivity index (χ1n) is 3.98. The molecule has 0 radical (unpaired) electrons. The number of ether oxygens (including phenoxy) is 1. The molecule has 0 bridgehead atoms. The minimum atomic E-state index is -3.20. The average Bonchev–Trinajstić information content (AvgIpc) is 2.03. The Labute approximate surface area is 88.2 Å². The Morgan fingerprint density at radius 1 is 1.46 bits per heavy atom. The second-order valence-corrected chi connectivity index (χ2v) is 6.20. The Morgan fingerprint density at radius 3 is 2.31 bits per heavy atom.